The van der Waals surface area contributed by atoms with E-state index in [1.54, 1.807) is 29.2 Å². The Kier molecular flexibility index (Phi) is 5.95. The average molecular weight is 393 g/mol. The SMILES string of the molecule is CC1CC(C(=O)O)CN(C(=O)NCCc2nc(-c3ccc(Cl)cc3)no2)C1. The van der Waals surface area contributed by atoms with Crippen molar-refractivity contribution in [2.24, 2.45) is 11.8 Å². The maximum absolute atomic E-state index is 12.3. The summed E-state index contributed by atoms with van der Waals surface area (Å²) in [7, 11) is 0. The van der Waals surface area contributed by atoms with Gasteiger partial charge in [-0.15, -0.1) is 0 Å². The van der Waals surface area contributed by atoms with Gasteiger partial charge in [0.25, 0.3) is 0 Å². The third-order valence-electron chi connectivity index (χ3n) is 4.48. The first-order valence-electron chi connectivity index (χ1n) is 8.76. The molecular formula is C18H21ClN4O4. The van der Waals surface area contributed by atoms with E-state index in [4.69, 9.17) is 16.1 Å². The van der Waals surface area contributed by atoms with Crippen LogP contribution in [0.2, 0.25) is 5.02 Å². The number of amides is 2. The highest BCUT2D eigenvalue weighted by molar-refractivity contribution is 6.30. The second kappa shape index (κ2) is 8.39. The summed E-state index contributed by atoms with van der Waals surface area (Å²) < 4.78 is 5.21. The molecule has 2 N–H and O–H groups in total. The van der Waals surface area contributed by atoms with Crippen LogP contribution in [0.3, 0.4) is 0 Å². The van der Waals surface area contributed by atoms with Crippen LogP contribution in [0.15, 0.2) is 28.8 Å². The Hall–Kier alpha value is -2.61. The number of carboxylic acid groups (broad SMARTS) is 1. The molecule has 144 valence electrons. The van der Waals surface area contributed by atoms with Gasteiger partial charge in [-0.1, -0.05) is 23.7 Å². The first kappa shape index (κ1) is 19.2. The van der Waals surface area contributed by atoms with E-state index in [-0.39, 0.29) is 18.5 Å². The number of hydrogen-bond acceptors (Lipinski definition) is 5. The number of carbonyl (C=O) groups excluding carboxylic acids is 1. The normalized spacial score (nSPS) is 19.7. The Bertz CT molecular complexity index is 808. The van der Waals surface area contributed by atoms with Gasteiger partial charge in [-0.25, -0.2) is 4.79 Å². The van der Waals surface area contributed by atoms with Gasteiger partial charge in [0.2, 0.25) is 11.7 Å². The molecule has 0 bridgehead atoms. The van der Waals surface area contributed by atoms with Crippen molar-refractivity contribution in [2.75, 3.05) is 19.6 Å². The van der Waals surface area contributed by atoms with Gasteiger partial charge >= 0.3 is 12.0 Å². The number of carbonyl (C=O) groups is 2. The van der Waals surface area contributed by atoms with Gasteiger partial charge in [0.1, 0.15) is 0 Å². The van der Waals surface area contributed by atoms with Crippen molar-refractivity contribution < 1.29 is 19.2 Å². The molecule has 1 fully saturated rings. The quantitative estimate of drug-likeness (QED) is 0.809. The molecule has 0 saturated carbocycles. The van der Waals surface area contributed by atoms with Crippen LogP contribution in [0, 0.1) is 11.8 Å². The van der Waals surface area contributed by atoms with Crippen molar-refractivity contribution >= 4 is 23.6 Å². The summed E-state index contributed by atoms with van der Waals surface area (Å²) in [4.78, 5) is 29.4. The van der Waals surface area contributed by atoms with Gasteiger partial charge in [0, 0.05) is 36.6 Å². The highest BCUT2D eigenvalue weighted by Crippen LogP contribution is 2.22. The monoisotopic (exact) mass is 392 g/mol. The maximum atomic E-state index is 12.3. The summed E-state index contributed by atoms with van der Waals surface area (Å²) in [5.41, 5.74) is 0.792. The number of carboxylic acids is 1. The van der Waals surface area contributed by atoms with Crippen LogP contribution < -0.4 is 5.32 Å². The third-order valence-corrected chi connectivity index (χ3v) is 4.73. The van der Waals surface area contributed by atoms with E-state index in [1.165, 1.54) is 0 Å². The fraction of sp³-hybridized carbons (Fsp3) is 0.444. The summed E-state index contributed by atoms with van der Waals surface area (Å²) in [6, 6.07) is 6.82. The second-order valence-electron chi connectivity index (χ2n) is 6.78. The van der Waals surface area contributed by atoms with Crippen LogP contribution in [0.5, 0.6) is 0 Å². The Morgan fingerprint density at radius 3 is 2.78 bits per heavy atom. The van der Waals surface area contributed by atoms with E-state index in [0.717, 1.165) is 5.56 Å². The molecule has 2 atom stereocenters. The second-order valence-corrected chi connectivity index (χ2v) is 7.22. The number of nitrogens with one attached hydrogen (secondary N) is 1. The van der Waals surface area contributed by atoms with Crippen LogP contribution in [-0.2, 0) is 11.2 Å². The van der Waals surface area contributed by atoms with Crippen LogP contribution in [0.4, 0.5) is 4.79 Å². The topological polar surface area (TPSA) is 109 Å². The van der Waals surface area contributed by atoms with Crippen molar-refractivity contribution in [2.45, 2.75) is 19.8 Å². The van der Waals surface area contributed by atoms with Crippen LogP contribution in [0.25, 0.3) is 11.4 Å². The Balaban J connectivity index is 1.50. The minimum Gasteiger partial charge on any atom is -0.481 e. The van der Waals surface area contributed by atoms with Gasteiger partial charge in [-0.3, -0.25) is 4.79 Å². The minimum absolute atomic E-state index is 0.156. The summed E-state index contributed by atoms with van der Waals surface area (Å²) in [5.74, 6) is -0.349. The summed E-state index contributed by atoms with van der Waals surface area (Å²) in [6.07, 6.45) is 0.979. The van der Waals surface area contributed by atoms with Crippen LogP contribution in [-0.4, -0.2) is 51.8 Å². The molecule has 2 amide bonds. The number of aromatic nitrogens is 2. The standard InChI is InChI=1S/C18H21ClN4O4/c1-11-8-13(17(24)25)10-23(9-11)18(26)20-7-6-15-21-16(22-27-15)12-2-4-14(19)5-3-12/h2-5,11,13H,6-10H2,1H3,(H,20,26)(H,24,25). The molecule has 0 radical (unpaired) electrons. The molecule has 1 aliphatic heterocycles. The van der Waals surface area contributed by atoms with E-state index in [9.17, 15) is 14.7 Å². The van der Waals surface area contributed by atoms with Gasteiger partial charge in [-0.2, -0.15) is 4.98 Å². The first-order chi connectivity index (χ1) is 12.9. The van der Waals surface area contributed by atoms with Gasteiger partial charge in [0.15, 0.2) is 0 Å². The van der Waals surface area contributed by atoms with Crippen LogP contribution in [0.1, 0.15) is 19.2 Å². The number of piperidine rings is 1. The minimum atomic E-state index is -0.861. The molecule has 8 nitrogen and oxygen atoms in total. The molecule has 27 heavy (non-hydrogen) atoms. The van der Waals surface area contributed by atoms with Crippen molar-refractivity contribution in [3.8, 4) is 11.4 Å². The van der Waals surface area contributed by atoms with Crippen molar-refractivity contribution in [1.29, 1.82) is 0 Å². The van der Waals surface area contributed by atoms with E-state index in [1.807, 2.05) is 6.92 Å². The first-order valence-corrected chi connectivity index (χ1v) is 9.14. The third kappa shape index (κ3) is 4.97. The van der Waals surface area contributed by atoms with E-state index in [0.29, 0.717) is 42.7 Å². The molecule has 9 heteroatoms. The Morgan fingerprint density at radius 1 is 1.33 bits per heavy atom. The molecule has 1 aliphatic rings. The zero-order valence-corrected chi connectivity index (χ0v) is 15.6. The Morgan fingerprint density at radius 2 is 2.07 bits per heavy atom. The number of aliphatic carboxylic acids is 1. The van der Waals surface area contributed by atoms with E-state index >= 15 is 0 Å². The van der Waals surface area contributed by atoms with Gasteiger partial charge < -0.3 is 19.8 Å². The van der Waals surface area contributed by atoms with Crippen molar-refractivity contribution in [3.63, 3.8) is 0 Å². The van der Waals surface area contributed by atoms with E-state index < -0.39 is 11.9 Å². The summed E-state index contributed by atoms with van der Waals surface area (Å²) in [6.45, 7) is 3.06. The highest BCUT2D eigenvalue weighted by Gasteiger charge is 2.31. The lowest BCUT2D eigenvalue weighted by molar-refractivity contribution is -0.143. The number of halogens is 1. The maximum Gasteiger partial charge on any atom is 0.317 e. The fourth-order valence-electron chi connectivity index (χ4n) is 3.16. The molecule has 2 heterocycles. The predicted octanol–water partition coefficient (Wildman–Crippen LogP) is 2.68. The Labute approximate surface area is 161 Å². The number of likely N-dealkylation sites (tertiary alicyclic amines) is 1. The fourth-order valence-corrected chi connectivity index (χ4v) is 3.28. The van der Waals surface area contributed by atoms with Crippen LogP contribution >= 0.6 is 11.6 Å². The zero-order valence-electron chi connectivity index (χ0n) is 14.9. The number of urea groups is 1. The average Bonchev–Trinajstić information content (AvgIpc) is 3.10. The molecule has 0 spiro atoms. The molecule has 1 aromatic heterocycles. The van der Waals surface area contributed by atoms with Gasteiger partial charge in [-0.05, 0) is 36.6 Å². The van der Waals surface area contributed by atoms with Crippen molar-refractivity contribution in [1.82, 2.24) is 20.4 Å². The number of hydrogen-bond donors (Lipinski definition) is 2. The predicted molar refractivity (Wildman–Crippen MR) is 98.3 cm³/mol. The number of rotatable bonds is 5. The molecule has 3 rings (SSSR count). The highest BCUT2D eigenvalue weighted by atomic mass is 35.5. The molecule has 2 aromatic rings. The lowest BCUT2D eigenvalue weighted by Crippen LogP contribution is -2.49. The zero-order chi connectivity index (χ0) is 19.4. The lowest BCUT2D eigenvalue weighted by atomic mass is 9.91. The van der Waals surface area contributed by atoms with Gasteiger partial charge in [0.05, 0.1) is 5.92 Å². The molecule has 1 saturated heterocycles. The van der Waals surface area contributed by atoms with E-state index in [2.05, 4.69) is 15.5 Å². The van der Waals surface area contributed by atoms with Crippen molar-refractivity contribution in [3.05, 3.63) is 35.2 Å². The summed E-state index contributed by atoms with van der Waals surface area (Å²) >= 11 is 5.86. The molecule has 0 aliphatic carbocycles. The smallest absolute Gasteiger partial charge is 0.317 e. The number of nitrogens with zero attached hydrogens (tertiary/aromatic N) is 3. The lowest BCUT2D eigenvalue weighted by Gasteiger charge is -2.34. The molecule has 2 unspecified atom stereocenters. The number of benzene rings is 1. The molecule has 1 aromatic carbocycles. The largest absolute Gasteiger partial charge is 0.481 e. The molecular weight excluding hydrogens is 372 g/mol. The summed E-state index contributed by atoms with van der Waals surface area (Å²) in [5, 5.41) is 16.5.